The number of nitro groups is 1. The highest BCUT2D eigenvalue weighted by Crippen LogP contribution is 2.14. The number of nitro benzene ring substituents is 1. The van der Waals surface area contributed by atoms with Gasteiger partial charge in [0.25, 0.3) is 5.69 Å². The summed E-state index contributed by atoms with van der Waals surface area (Å²) in [5.74, 6) is 0. The van der Waals surface area contributed by atoms with E-state index in [1.807, 2.05) is 19.9 Å². The van der Waals surface area contributed by atoms with Gasteiger partial charge in [0.05, 0.1) is 10.5 Å². The van der Waals surface area contributed by atoms with Gasteiger partial charge in [-0.3, -0.25) is 10.1 Å². The van der Waals surface area contributed by atoms with Crippen LogP contribution in [-0.2, 0) is 11.3 Å². The van der Waals surface area contributed by atoms with Crippen LogP contribution in [0.3, 0.4) is 0 Å². The molecule has 0 aliphatic carbocycles. The lowest BCUT2D eigenvalue weighted by Crippen LogP contribution is -2.28. The first-order valence-electron chi connectivity index (χ1n) is 5.94. The highest BCUT2D eigenvalue weighted by molar-refractivity contribution is 5.34. The zero-order chi connectivity index (χ0) is 13.6. The van der Waals surface area contributed by atoms with Crippen LogP contribution in [0.1, 0.15) is 25.8 Å². The minimum absolute atomic E-state index is 0.131. The maximum Gasteiger partial charge on any atom is 0.269 e. The van der Waals surface area contributed by atoms with Crippen LogP contribution in [0.15, 0.2) is 24.3 Å². The number of methoxy groups -OCH3 is 1. The Hall–Kier alpha value is -1.46. The van der Waals surface area contributed by atoms with Gasteiger partial charge in [0.2, 0.25) is 0 Å². The van der Waals surface area contributed by atoms with Crippen molar-refractivity contribution in [2.45, 2.75) is 32.4 Å². The first kappa shape index (κ1) is 14.6. The molecule has 0 aliphatic rings. The van der Waals surface area contributed by atoms with Crippen LogP contribution < -0.4 is 5.32 Å². The van der Waals surface area contributed by atoms with Crippen LogP contribution in [0.4, 0.5) is 5.69 Å². The van der Waals surface area contributed by atoms with Gasteiger partial charge in [-0.25, -0.2) is 0 Å². The van der Waals surface area contributed by atoms with Gasteiger partial charge in [-0.1, -0.05) is 12.1 Å². The Morgan fingerprint density at radius 3 is 2.78 bits per heavy atom. The number of hydrogen-bond acceptors (Lipinski definition) is 4. The zero-order valence-corrected chi connectivity index (χ0v) is 11.1. The molecule has 0 saturated carbocycles. The van der Waals surface area contributed by atoms with Crippen LogP contribution in [0, 0.1) is 10.1 Å². The second-order valence-electron chi connectivity index (χ2n) is 4.82. The Balaban J connectivity index is 2.40. The van der Waals surface area contributed by atoms with E-state index in [1.54, 1.807) is 19.2 Å². The molecule has 0 atom stereocenters. The van der Waals surface area contributed by atoms with Crippen LogP contribution in [0.25, 0.3) is 0 Å². The Morgan fingerprint density at radius 1 is 1.44 bits per heavy atom. The maximum atomic E-state index is 10.6. The van der Waals surface area contributed by atoms with E-state index in [1.165, 1.54) is 6.07 Å². The number of benzene rings is 1. The number of rotatable bonds is 7. The van der Waals surface area contributed by atoms with Gasteiger partial charge in [-0.05, 0) is 32.4 Å². The molecule has 0 amide bonds. The summed E-state index contributed by atoms with van der Waals surface area (Å²) in [7, 11) is 1.69. The molecule has 1 N–H and O–H groups in total. The predicted octanol–water partition coefficient (Wildman–Crippen LogP) is 2.50. The molecule has 1 aromatic rings. The molecule has 0 heterocycles. The molecule has 0 saturated heterocycles. The van der Waals surface area contributed by atoms with Crippen LogP contribution >= 0.6 is 0 Å². The molecule has 100 valence electrons. The molecule has 0 spiro atoms. The number of ether oxygens (including phenoxy) is 1. The van der Waals surface area contributed by atoms with Crippen molar-refractivity contribution in [1.82, 2.24) is 5.32 Å². The van der Waals surface area contributed by atoms with Gasteiger partial charge >= 0.3 is 0 Å². The van der Waals surface area contributed by atoms with Gasteiger partial charge in [-0.2, -0.15) is 0 Å². The van der Waals surface area contributed by atoms with Crippen molar-refractivity contribution in [3.8, 4) is 0 Å². The maximum absolute atomic E-state index is 10.6. The Labute approximate surface area is 107 Å². The second kappa shape index (κ2) is 6.47. The van der Waals surface area contributed by atoms with Gasteiger partial charge < -0.3 is 10.1 Å². The smallest absolute Gasteiger partial charge is 0.269 e. The molecular weight excluding hydrogens is 232 g/mol. The lowest BCUT2D eigenvalue weighted by molar-refractivity contribution is -0.384. The van der Waals surface area contributed by atoms with E-state index in [2.05, 4.69) is 5.32 Å². The minimum atomic E-state index is -0.377. The van der Waals surface area contributed by atoms with Crippen LogP contribution in [0.5, 0.6) is 0 Å². The largest absolute Gasteiger partial charge is 0.379 e. The van der Waals surface area contributed by atoms with Crippen molar-refractivity contribution < 1.29 is 9.66 Å². The molecule has 0 bridgehead atoms. The summed E-state index contributed by atoms with van der Waals surface area (Å²) in [6.07, 6.45) is 0.887. The van der Waals surface area contributed by atoms with Crippen molar-refractivity contribution in [2.75, 3.05) is 13.7 Å². The summed E-state index contributed by atoms with van der Waals surface area (Å²) < 4.78 is 5.31. The predicted molar refractivity (Wildman–Crippen MR) is 70.5 cm³/mol. The van der Waals surface area contributed by atoms with Crippen molar-refractivity contribution in [2.24, 2.45) is 0 Å². The fraction of sp³-hybridized carbons (Fsp3) is 0.538. The van der Waals surface area contributed by atoms with Gasteiger partial charge in [0.15, 0.2) is 0 Å². The molecule has 5 heteroatoms. The first-order chi connectivity index (χ1) is 8.44. The van der Waals surface area contributed by atoms with Crippen molar-refractivity contribution in [1.29, 1.82) is 0 Å². The number of non-ortho nitro benzene ring substituents is 1. The van der Waals surface area contributed by atoms with Gasteiger partial charge in [-0.15, -0.1) is 0 Å². The SMILES string of the molecule is COC(C)(C)CCNCc1cccc([N+](=O)[O-])c1. The number of hydrogen-bond donors (Lipinski definition) is 1. The lowest BCUT2D eigenvalue weighted by atomic mass is 10.1. The Kier molecular flexibility index (Phi) is 5.25. The number of nitrogens with zero attached hydrogens (tertiary/aromatic N) is 1. The Bertz CT molecular complexity index is 405. The molecule has 0 unspecified atom stereocenters. The molecule has 0 aromatic heterocycles. The molecule has 18 heavy (non-hydrogen) atoms. The zero-order valence-electron chi connectivity index (χ0n) is 11.1. The van der Waals surface area contributed by atoms with Gasteiger partial charge in [0.1, 0.15) is 0 Å². The molecule has 0 fully saturated rings. The fourth-order valence-electron chi connectivity index (χ4n) is 1.50. The van der Waals surface area contributed by atoms with E-state index < -0.39 is 0 Å². The summed E-state index contributed by atoms with van der Waals surface area (Å²) >= 11 is 0. The van der Waals surface area contributed by atoms with E-state index in [-0.39, 0.29) is 16.2 Å². The summed E-state index contributed by atoms with van der Waals surface area (Å²) in [4.78, 5) is 10.2. The quantitative estimate of drug-likeness (QED) is 0.460. The second-order valence-corrected chi connectivity index (χ2v) is 4.82. The standard InChI is InChI=1S/C13H20N2O3/c1-13(2,18-3)7-8-14-10-11-5-4-6-12(9-11)15(16)17/h4-6,9,14H,7-8,10H2,1-3H3. The molecule has 0 radical (unpaired) electrons. The minimum Gasteiger partial charge on any atom is -0.379 e. The molecule has 1 aromatic carbocycles. The van der Waals surface area contributed by atoms with Crippen molar-refractivity contribution in [3.05, 3.63) is 39.9 Å². The highest BCUT2D eigenvalue weighted by Gasteiger charge is 2.15. The third kappa shape index (κ3) is 4.81. The average molecular weight is 252 g/mol. The van der Waals surface area contributed by atoms with Crippen molar-refractivity contribution in [3.63, 3.8) is 0 Å². The summed E-state index contributed by atoms with van der Waals surface area (Å²) in [6.45, 7) is 5.50. The van der Waals surface area contributed by atoms with Crippen LogP contribution in [0.2, 0.25) is 0 Å². The molecular formula is C13H20N2O3. The third-order valence-corrected chi connectivity index (χ3v) is 2.91. The fourth-order valence-corrected chi connectivity index (χ4v) is 1.50. The van der Waals surface area contributed by atoms with Crippen LogP contribution in [-0.4, -0.2) is 24.2 Å². The van der Waals surface area contributed by atoms with E-state index in [0.29, 0.717) is 6.54 Å². The summed E-state index contributed by atoms with van der Waals surface area (Å²) in [6, 6.07) is 6.67. The monoisotopic (exact) mass is 252 g/mol. The average Bonchev–Trinajstić information content (AvgIpc) is 2.35. The Morgan fingerprint density at radius 2 is 2.17 bits per heavy atom. The molecule has 0 aliphatic heterocycles. The highest BCUT2D eigenvalue weighted by atomic mass is 16.6. The van der Waals surface area contributed by atoms with E-state index >= 15 is 0 Å². The normalized spacial score (nSPS) is 11.5. The van der Waals surface area contributed by atoms with E-state index in [4.69, 9.17) is 4.74 Å². The topological polar surface area (TPSA) is 64.4 Å². The number of nitrogens with one attached hydrogen (secondary N) is 1. The van der Waals surface area contributed by atoms with Crippen molar-refractivity contribution >= 4 is 5.69 Å². The third-order valence-electron chi connectivity index (χ3n) is 2.91. The summed E-state index contributed by atoms with van der Waals surface area (Å²) in [5.41, 5.74) is 0.904. The summed E-state index contributed by atoms with van der Waals surface area (Å²) in [5, 5.41) is 13.9. The van der Waals surface area contributed by atoms with Gasteiger partial charge in [0, 0.05) is 25.8 Å². The lowest BCUT2D eigenvalue weighted by Gasteiger charge is -2.22. The molecule has 1 rings (SSSR count). The first-order valence-corrected chi connectivity index (χ1v) is 5.94. The van der Waals surface area contributed by atoms with E-state index in [0.717, 1.165) is 18.5 Å². The van der Waals surface area contributed by atoms with E-state index in [9.17, 15) is 10.1 Å². The molecule has 5 nitrogen and oxygen atoms in total.